The Balaban J connectivity index is 3.13. The lowest BCUT2D eigenvalue weighted by Crippen LogP contribution is -2.44. The van der Waals surface area contributed by atoms with E-state index < -0.39 is 21.5 Å². The van der Waals surface area contributed by atoms with Crippen LogP contribution in [0.25, 0.3) is 0 Å². The molecule has 8 heteroatoms. The summed E-state index contributed by atoms with van der Waals surface area (Å²) < 4.78 is 27.1. The SMILES string of the molecule is CC(=O)Nc1cc(S(=O)(=O)NC(C)(C)CC(=O)O)ccc1C. The topological polar surface area (TPSA) is 113 Å². The Morgan fingerprint density at radius 3 is 2.36 bits per heavy atom. The fourth-order valence-electron chi connectivity index (χ4n) is 1.93. The summed E-state index contributed by atoms with van der Waals surface area (Å²) in [5.41, 5.74) is -0.0191. The van der Waals surface area contributed by atoms with Crippen molar-refractivity contribution in [3.8, 4) is 0 Å². The Kier molecular flexibility index (Phi) is 5.31. The molecule has 0 spiro atoms. The van der Waals surface area contributed by atoms with Crippen LogP contribution in [0.1, 0.15) is 32.8 Å². The van der Waals surface area contributed by atoms with Gasteiger partial charge in [0.1, 0.15) is 0 Å². The van der Waals surface area contributed by atoms with Gasteiger partial charge in [-0.2, -0.15) is 0 Å². The van der Waals surface area contributed by atoms with E-state index in [-0.39, 0.29) is 17.2 Å². The molecule has 0 aliphatic heterocycles. The Morgan fingerprint density at radius 1 is 1.27 bits per heavy atom. The van der Waals surface area contributed by atoms with Crippen LogP contribution >= 0.6 is 0 Å². The van der Waals surface area contributed by atoms with Crippen LogP contribution in [0.15, 0.2) is 23.1 Å². The molecule has 0 heterocycles. The summed E-state index contributed by atoms with van der Waals surface area (Å²) >= 11 is 0. The number of carboxylic acid groups (broad SMARTS) is 1. The number of sulfonamides is 1. The number of carboxylic acids is 1. The first-order valence-corrected chi connectivity index (χ1v) is 8.05. The number of benzene rings is 1. The average molecular weight is 328 g/mol. The van der Waals surface area contributed by atoms with Gasteiger partial charge in [-0.15, -0.1) is 0 Å². The number of carbonyl (C=O) groups excluding carboxylic acids is 1. The van der Waals surface area contributed by atoms with Gasteiger partial charge in [0.15, 0.2) is 0 Å². The third-order valence-electron chi connectivity index (χ3n) is 2.83. The lowest BCUT2D eigenvalue weighted by atomic mass is 10.0. The van der Waals surface area contributed by atoms with Gasteiger partial charge in [0, 0.05) is 18.2 Å². The smallest absolute Gasteiger partial charge is 0.305 e. The summed E-state index contributed by atoms with van der Waals surface area (Å²) in [5.74, 6) is -1.41. The number of hydrogen-bond acceptors (Lipinski definition) is 4. The van der Waals surface area contributed by atoms with Gasteiger partial charge >= 0.3 is 5.97 Å². The van der Waals surface area contributed by atoms with Crippen molar-refractivity contribution < 1.29 is 23.1 Å². The number of aliphatic carboxylic acids is 1. The van der Waals surface area contributed by atoms with Crippen LogP contribution in [0.3, 0.4) is 0 Å². The molecule has 122 valence electrons. The lowest BCUT2D eigenvalue weighted by molar-refractivity contribution is -0.138. The average Bonchev–Trinajstić information content (AvgIpc) is 2.27. The number of hydrogen-bond donors (Lipinski definition) is 3. The summed E-state index contributed by atoms with van der Waals surface area (Å²) in [5, 5.41) is 11.4. The predicted molar refractivity (Wildman–Crippen MR) is 82.1 cm³/mol. The summed E-state index contributed by atoms with van der Waals surface area (Å²) in [4.78, 5) is 21.9. The van der Waals surface area contributed by atoms with Gasteiger partial charge < -0.3 is 10.4 Å². The molecule has 1 amide bonds. The molecule has 0 saturated carbocycles. The maximum atomic E-state index is 12.4. The van der Waals surface area contributed by atoms with Crippen molar-refractivity contribution in [1.29, 1.82) is 0 Å². The molecule has 7 nitrogen and oxygen atoms in total. The van der Waals surface area contributed by atoms with E-state index in [4.69, 9.17) is 5.11 Å². The number of carbonyl (C=O) groups is 2. The van der Waals surface area contributed by atoms with Gasteiger partial charge in [-0.05, 0) is 38.5 Å². The zero-order valence-corrected chi connectivity index (χ0v) is 13.7. The molecule has 0 radical (unpaired) electrons. The quantitative estimate of drug-likeness (QED) is 0.732. The minimum Gasteiger partial charge on any atom is -0.481 e. The van der Waals surface area contributed by atoms with Gasteiger partial charge in [0.25, 0.3) is 0 Å². The fraction of sp³-hybridized carbons (Fsp3) is 0.429. The second-order valence-corrected chi connectivity index (χ2v) is 7.40. The Morgan fingerprint density at radius 2 is 1.86 bits per heavy atom. The second kappa shape index (κ2) is 6.45. The van der Waals surface area contributed by atoms with Crippen LogP contribution < -0.4 is 10.0 Å². The summed E-state index contributed by atoms with van der Waals surface area (Å²) in [6.07, 6.45) is -0.351. The summed E-state index contributed by atoms with van der Waals surface area (Å²) in [6, 6.07) is 4.32. The molecule has 22 heavy (non-hydrogen) atoms. The number of amides is 1. The van der Waals surface area contributed by atoms with Crippen LogP contribution in [0.5, 0.6) is 0 Å². The van der Waals surface area contributed by atoms with E-state index >= 15 is 0 Å². The van der Waals surface area contributed by atoms with Crippen molar-refractivity contribution in [2.75, 3.05) is 5.32 Å². The number of aryl methyl sites for hydroxylation is 1. The first kappa shape index (κ1) is 18.1. The van der Waals surface area contributed by atoms with Crippen molar-refractivity contribution in [3.05, 3.63) is 23.8 Å². The molecule has 0 saturated heterocycles. The van der Waals surface area contributed by atoms with E-state index in [1.54, 1.807) is 13.0 Å². The second-order valence-electron chi connectivity index (χ2n) is 5.72. The molecule has 0 atom stereocenters. The highest BCUT2D eigenvalue weighted by Gasteiger charge is 2.28. The zero-order valence-electron chi connectivity index (χ0n) is 12.9. The van der Waals surface area contributed by atoms with Gasteiger partial charge in [-0.3, -0.25) is 9.59 Å². The third-order valence-corrected chi connectivity index (χ3v) is 4.53. The maximum Gasteiger partial charge on any atom is 0.305 e. The third kappa shape index (κ3) is 5.12. The Labute approximate surface area is 129 Å². The van der Waals surface area contributed by atoms with Gasteiger partial charge in [-0.25, -0.2) is 13.1 Å². The standard InChI is InChI=1S/C14H20N2O5S/c1-9-5-6-11(7-12(9)15-10(2)17)22(20,21)16-14(3,4)8-13(18)19/h5-7,16H,8H2,1-4H3,(H,15,17)(H,18,19). The first-order chi connectivity index (χ1) is 9.93. The molecule has 1 aromatic rings. The molecular formula is C14H20N2O5S. The molecular weight excluding hydrogens is 308 g/mol. The normalized spacial score (nSPS) is 12.0. The van der Waals surface area contributed by atoms with Crippen molar-refractivity contribution in [2.45, 2.75) is 44.6 Å². The first-order valence-electron chi connectivity index (χ1n) is 6.57. The molecule has 1 aromatic carbocycles. The Hall–Kier alpha value is -1.93. The van der Waals surface area contributed by atoms with E-state index in [0.29, 0.717) is 5.69 Å². The van der Waals surface area contributed by atoms with E-state index in [0.717, 1.165) is 5.56 Å². The van der Waals surface area contributed by atoms with Gasteiger partial charge in [0.2, 0.25) is 15.9 Å². The number of rotatable bonds is 6. The number of nitrogens with one attached hydrogen (secondary N) is 2. The number of anilines is 1. The summed E-state index contributed by atoms with van der Waals surface area (Å²) in [7, 11) is -3.90. The van der Waals surface area contributed by atoms with Crippen molar-refractivity contribution in [1.82, 2.24) is 4.72 Å². The highest BCUT2D eigenvalue weighted by Crippen LogP contribution is 2.22. The maximum absolute atomic E-state index is 12.4. The highest BCUT2D eigenvalue weighted by atomic mass is 32.2. The van der Waals surface area contributed by atoms with Crippen molar-refractivity contribution in [3.63, 3.8) is 0 Å². The minimum absolute atomic E-state index is 0.0414. The van der Waals surface area contributed by atoms with E-state index in [9.17, 15) is 18.0 Å². The van der Waals surface area contributed by atoms with Crippen LogP contribution in [-0.2, 0) is 19.6 Å². The van der Waals surface area contributed by atoms with Crippen LogP contribution in [0, 0.1) is 6.92 Å². The molecule has 0 aliphatic carbocycles. The van der Waals surface area contributed by atoms with E-state index in [1.807, 2.05) is 0 Å². The summed E-state index contributed by atoms with van der Waals surface area (Å²) in [6.45, 7) is 6.04. The van der Waals surface area contributed by atoms with Gasteiger partial charge in [-0.1, -0.05) is 6.07 Å². The van der Waals surface area contributed by atoms with Gasteiger partial charge in [0.05, 0.1) is 11.3 Å². The molecule has 0 aromatic heterocycles. The molecule has 0 fully saturated rings. The zero-order chi connectivity index (χ0) is 17.1. The molecule has 0 aliphatic rings. The minimum atomic E-state index is -3.90. The molecule has 3 N–H and O–H groups in total. The molecule has 0 unspecified atom stereocenters. The molecule has 1 rings (SSSR count). The largest absolute Gasteiger partial charge is 0.481 e. The lowest BCUT2D eigenvalue weighted by Gasteiger charge is -2.24. The van der Waals surface area contributed by atoms with Crippen molar-refractivity contribution in [2.24, 2.45) is 0 Å². The van der Waals surface area contributed by atoms with E-state index in [2.05, 4.69) is 10.0 Å². The Bertz CT molecular complexity index is 695. The monoisotopic (exact) mass is 328 g/mol. The fourth-order valence-corrected chi connectivity index (χ4v) is 3.37. The van der Waals surface area contributed by atoms with Crippen LogP contribution in [0.2, 0.25) is 0 Å². The highest BCUT2D eigenvalue weighted by molar-refractivity contribution is 7.89. The van der Waals surface area contributed by atoms with Crippen LogP contribution in [0.4, 0.5) is 5.69 Å². The molecule has 0 bridgehead atoms. The van der Waals surface area contributed by atoms with Crippen LogP contribution in [-0.4, -0.2) is 30.9 Å². The van der Waals surface area contributed by atoms with E-state index in [1.165, 1.54) is 32.9 Å². The predicted octanol–water partition coefficient (Wildman–Crippen LogP) is 1.49. The van der Waals surface area contributed by atoms with Crippen molar-refractivity contribution >= 4 is 27.6 Å².